The van der Waals surface area contributed by atoms with E-state index in [-0.39, 0.29) is 12.0 Å². The van der Waals surface area contributed by atoms with Crippen molar-refractivity contribution < 1.29 is 9.53 Å². The number of halogens is 1. The summed E-state index contributed by atoms with van der Waals surface area (Å²) in [6, 6.07) is 9.56. The first-order valence-electron chi connectivity index (χ1n) is 5.76. The Balaban J connectivity index is 2.21. The summed E-state index contributed by atoms with van der Waals surface area (Å²) in [6.07, 6.45) is 1.14. The highest BCUT2D eigenvalue weighted by atomic mass is 35.5. The Morgan fingerprint density at radius 1 is 1.41 bits per heavy atom. The molecule has 1 atom stereocenters. The zero-order valence-electron chi connectivity index (χ0n) is 9.99. The van der Waals surface area contributed by atoms with Crippen molar-refractivity contribution in [2.24, 2.45) is 0 Å². The van der Waals surface area contributed by atoms with Crippen LogP contribution in [0.1, 0.15) is 19.8 Å². The highest BCUT2D eigenvalue weighted by Crippen LogP contribution is 2.10. The number of carbonyl (C=O) groups excluding carboxylic acids is 1. The number of para-hydroxylation sites is 1. The van der Waals surface area contributed by atoms with E-state index in [0.717, 1.165) is 5.75 Å². The van der Waals surface area contributed by atoms with Crippen LogP contribution in [0.3, 0.4) is 0 Å². The van der Waals surface area contributed by atoms with E-state index >= 15 is 0 Å². The molecule has 1 rings (SSSR count). The summed E-state index contributed by atoms with van der Waals surface area (Å²) in [7, 11) is 0. The van der Waals surface area contributed by atoms with Crippen LogP contribution in [0.15, 0.2) is 30.3 Å². The molecule has 4 heteroatoms. The topological polar surface area (TPSA) is 38.3 Å². The lowest BCUT2D eigenvalue weighted by molar-refractivity contribution is -0.121. The Morgan fingerprint density at radius 2 is 2.12 bits per heavy atom. The Morgan fingerprint density at radius 3 is 2.76 bits per heavy atom. The van der Waals surface area contributed by atoms with Crippen molar-refractivity contribution in [1.29, 1.82) is 0 Å². The van der Waals surface area contributed by atoms with Gasteiger partial charge in [0, 0.05) is 12.3 Å². The first-order chi connectivity index (χ1) is 8.22. The first kappa shape index (κ1) is 13.8. The molecule has 0 saturated carbocycles. The summed E-state index contributed by atoms with van der Waals surface area (Å²) in [5.41, 5.74) is 0. The number of hydrogen-bond donors (Lipinski definition) is 1. The number of alkyl halides is 1. The van der Waals surface area contributed by atoms with Crippen LogP contribution >= 0.6 is 11.6 Å². The Kier molecular flexibility index (Phi) is 6.48. The molecule has 94 valence electrons. The highest BCUT2D eigenvalue weighted by Gasteiger charge is 2.06. The highest BCUT2D eigenvalue weighted by molar-refractivity contribution is 6.17. The maximum Gasteiger partial charge on any atom is 0.220 e. The van der Waals surface area contributed by atoms with Gasteiger partial charge in [-0.15, -0.1) is 11.6 Å². The van der Waals surface area contributed by atoms with Crippen LogP contribution in [0.4, 0.5) is 0 Å². The number of carbonyl (C=O) groups is 1. The average Bonchev–Trinajstić information content (AvgIpc) is 2.35. The van der Waals surface area contributed by atoms with Crippen molar-refractivity contribution in [2.45, 2.75) is 25.9 Å². The van der Waals surface area contributed by atoms with Crippen molar-refractivity contribution in [3.05, 3.63) is 30.3 Å². The summed E-state index contributed by atoms with van der Waals surface area (Å²) >= 11 is 5.51. The molecule has 1 N–H and O–H groups in total. The van der Waals surface area contributed by atoms with Gasteiger partial charge in [0.1, 0.15) is 11.9 Å². The van der Waals surface area contributed by atoms with Crippen LogP contribution in [0.25, 0.3) is 0 Å². The van der Waals surface area contributed by atoms with E-state index in [1.54, 1.807) is 0 Å². The third kappa shape index (κ3) is 6.17. The van der Waals surface area contributed by atoms with Gasteiger partial charge in [-0.1, -0.05) is 18.2 Å². The van der Waals surface area contributed by atoms with Gasteiger partial charge >= 0.3 is 0 Å². The van der Waals surface area contributed by atoms with Gasteiger partial charge in [0.2, 0.25) is 5.91 Å². The Bertz CT molecular complexity index is 329. The second-order valence-corrected chi connectivity index (χ2v) is 4.22. The minimum absolute atomic E-state index is 0.0224. The average molecular weight is 256 g/mol. The van der Waals surface area contributed by atoms with E-state index < -0.39 is 0 Å². The van der Waals surface area contributed by atoms with Gasteiger partial charge in [0.15, 0.2) is 0 Å². The molecule has 1 aromatic rings. The molecule has 3 nitrogen and oxygen atoms in total. The maximum absolute atomic E-state index is 11.3. The van der Waals surface area contributed by atoms with Gasteiger partial charge in [-0.05, 0) is 25.5 Å². The maximum atomic E-state index is 11.3. The molecule has 0 aliphatic rings. The molecule has 0 heterocycles. The molecule has 0 aliphatic heterocycles. The lowest BCUT2D eigenvalue weighted by Gasteiger charge is -2.15. The van der Waals surface area contributed by atoms with Crippen molar-refractivity contribution in [3.63, 3.8) is 0 Å². The standard InChI is InChI=1S/C13H18ClNO2/c1-11(10-15-13(16)8-5-9-14)17-12-6-3-2-4-7-12/h2-4,6-7,11H,5,8-10H2,1H3,(H,15,16). The van der Waals surface area contributed by atoms with E-state index in [1.165, 1.54) is 0 Å². The summed E-state index contributed by atoms with van der Waals surface area (Å²) in [4.78, 5) is 11.3. The van der Waals surface area contributed by atoms with Crippen molar-refractivity contribution >= 4 is 17.5 Å². The van der Waals surface area contributed by atoms with E-state index in [9.17, 15) is 4.79 Å². The number of ether oxygens (including phenoxy) is 1. The van der Waals surface area contributed by atoms with Crippen LogP contribution in [0.5, 0.6) is 5.75 Å². The molecule has 0 radical (unpaired) electrons. The zero-order chi connectivity index (χ0) is 12.5. The molecule has 0 fully saturated rings. The van der Waals surface area contributed by atoms with Gasteiger partial charge in [0.25, 0.3) is 0 Å². The molecule has 0 spiro atoms. The molecular formula is C13H18ClNO2. The summed E-state index contributed by atoms with van der Waals surface area (Å²) < 4.78 is 5.63. The zero-order valence-corrected chi connectivity index (χ0v) is 10.7. The normalized spacial score (nSPS) is 11.9. The summed E-state index contributed by atoms with van der Waals surface area (Å²) in [6.45, 7) is 2.44. The minimum atomic E-state index is -0.0441. The Labute approximate surface area is 107 Å². The fraction of sp³-hybridized carbons (Fsp3) is 0.462. The molecular weight excluding hydrogens is 238 g/mol. The van der Waals surface area contributed by atoms with E-state index in [0.29, 0.717) is 25.3 Å². The molecule has 0 bridgehead atoms. The monoisotopic (exact) mass is 255 g/mol. The second kappa shape index (κ2) is 7.96. The van der Waals surface area contributed by atoms with Crippen molar-refractivity contribution in [2.75, 3.05) is 12.4 Å². The van der Waals surface area contributed by atoms with E-state index in [1.807, 2.05) is 37.3 Å². The third-order valence-corrected chi connectivity index (χ3v) is 2.47. The summed E-state index contributed by atoms with van der Waals surface area (Å²) in [5, 5.41) is 2.81. The summed E-state index contributed by atoms with van der Waals surface area (Å²) in [5.74, 6) is 1.35. The second-order valence-electron chi connectivity index (χ2n) is 3.84. The molecule has 0 aliphatic carbocycles. The molecule has 0 aromatic heterocycles. The number of benzene rings is 1. The van der Waals surface area contributed by atoms with Crippen LogP contribution in [0.2, 0.25) is 0 Å². The van der Waals surface area contributed by atoms with Crippen LogP contribution < -0.4 is 10.1 Å². The predicted molar refractivity (Wildman–Crippen MR) is 69.5 cm³/mol. The van der Waals surface area contributed by atoms with Gasteiger partial charge in [-0.3, -0.25) is 4.79 Å². The lowest BCUT2D eigenvalue weighted by Crippen LogP contribution is -2.33. The number of hydrogen-bond acceptors (Lipinski definition) is 2. The molecule has 1 aromatic carbocycles. The largest absolute Gasteiger partial charge is 0.489 e. The first-order valence-corrected chi connectivity index (χ1v) is 6.30. The fourth-order valence-corrected chi connectivity index (χ4v) is 1.48. The van der Waals surface area contributed by atoms with Crippen LogP contribution in [-0.2, 0) is 4.79 Å². The van der Waals surface area contributed by atoms with Crippen LogP contribution in [-0.4, -0.2) is 24.4 Å². The molecule has 0 saturated heterocycles. The SMILES string of the molecule is CC(CNC(=O)CCCCl)Oc1ccccc1. The van der Waals surface area contributed by atoms with Gasteiger partial charge in [0.05, 0.1) is 6.54 Å². The molecule has 1 amide bonds. The molecule has 1 unspecified atom stereocenters. The Hall–Kier alpha value is -1.22. The quantitative estimate of drug-likeness (QED) is 0.761. The number of amides is 1. The van der Waals surface area contributed by atoms with E-state index in [4.69, 9.17) is 16.3 Å². The number of nitrogens with one attached hydrogen (secondary N) is 1. The molecule has 17 heavy (non-hydrogen) atoms. The number of rotatable bonds is 7. The van der Waals surface area contributed by atoms with Gasteiger partial charge in [-0.25, -0.2) is 0 Å². The van der Waals surface area contributed by atoms with E-state index in [2.05, 4.69) is 5.32 Å². The lowest BCUT2D eigenvalue weighted by atomic mass is 10.3. The fourth-order valence-electron chi connectivity index (χ4n) is 1.35. The van der Waals surface area contributed by atoms with Gasteiger partial charge < -0.3 is 10.1 Å². The van der Waals surface area contributed by atoms with Crippen molar-refractivity contribution in [1.82, 2.24) is 5.32 Å². The van der Waals surface area contributed by atoms with Crippen LogP contribution in [0, 0.1) is 0 Å². The third-order valence-electron chi connectivity index (χ3n) is 2.20. The smallest absolute Gasteiger partial charge is 0.220 e. The predicted octanol–water partition coefficient (Wildman–Crippen LogP) is 2.59. The van der Waals surface area contributed by atoms with Crippen molar-refractivity contribution in [3.8, 4) is 5.75 Å². The minimum Gasteiger partial charge on any atom is -0.489 e. The van der Waals surface area contributed by atoms with Gasteiger partial charge in [-0.2, -0.15) is 0 Å².